The Labute approximate surface area is 56.5 Å². The fourth-order valence-corrected chi connectivity index (χ4v) is 0.739. The summed E-state index contributed by atoms with van der Waals surface area (Å²) >= 11 is 0. The Morgan fingerprint density at radius 1 is 1.50 bits per heavy atom. The van der Waals surface area contributed by atoms with E-state index in [1.165, 1.54) is 0 Å². The number of nitrogens with one attached hydrogen (secondary N) is 1. The monoisotopic (exact) mass is 135 g/mol. The van der Waals surface area contributed by atoms with Gasteiger partial charge in [0.1, 0.15) is 11.3 Å². The SMILES string of the molecule is Cc1ncc2[nH]nnc2n1. The fourth-order valence-electron chi connectivity index (χ4n) is 0.739. The van der Waals surface area contributed by atoms with E-state index in [0.717, 1.165) is 5.52 Å². The lowest BCUT2D eigenvalue weighted by Gasteiger charge is -1.86. The van der Waals surface area contributed by atoms with Gasteiger partial charge >= 0.3 is 0 Å². The third kappa shape index (κ3) is 0.637. The molecule has 0 atom stereocenters. The van der Waals surface area contributed by atoms with Crippen molar-refractivity contribution in [1.29, 1.82) is 0 Å². The topological polar surface area (TPSA) is 67.3 Å². The third-order valence-corrected chi connectivity index (χ3v) is 1.20. The summed E-state index contributed by atoms with van der Waals surface area (Å²) in [5.41, 5.74) is 1.39. The van der Waals surface area contributed by atoms with Gasteiger partial charge in [0.15, 0.2) is 0 Å². The van der Waals surface area contributed by atoms with Gasteiger partial charge in [0.05, 0.1) is 6.20 Å². The molecular weight excluding hydrogens is 130 g/mol. The molecule has 0 bridgehead atoms. The summed E-state index contributed by atoms with van der Waals surface area (Å²) in [7, 11) is 0. The molecule has 0 aliphatic rings. The highest BCUT2D eigenvalue weighted by atomic mass is 15.3. The van der Waals surface area contributed by atoms with Crippen LogP contribution in [0.1, 0.15) is 5.82 Å². The lowest BCUT2D eigenvalue weighted by molar-refractivity contribution is 0.953. The molecule has 2 rings (SSSR count). The van der Waals surface area contributed by atoms with Crippen LogP contribution in [0.25, 0.3) is 11.2 Å². The maximum atomic E-state index is 4.02. The molecule has 50 valence electrons. The van der Waals surface area contributed by atoms with Gasteiger partial charge in [0.2, 0.25) is 5.65 Å². The van der Waals surface area contributed by atoms with E-state index in [2.05, 4.69) is 25.4 Å². The predicted molar refractivity (Wildman–Crippen MR) is 34.2 cm³/mol. The predicted octanol–water partition coefficient (Wildman–Crippen LogP) is 0.0563. The lowest BCUT2D eigenvalue weighted by atomic mass is 10.5. The molecule has 0 spiro atoms. The van der Waals surface area contributed by atoms with Gasteiger partial charge in [-0.05, 0) is 6.92 Å². The second-order valence-electron chi connectivity index (χ2n) is 1.97. The van der Waals surface area contributed by atoms with Crippen LogP contribution >= 0.6 is 0 Å². The van der Waals surface area contributed by atoms with E-state index >= 15 is 0 Å². The first-order valence-electron chi connectivity index (χ1n) is 2.86. The molecule has 0 saturated carbocycles. The van der Waals surface area contributed by atoms with Crippen molar-refractivity contribution in [3.63, 3.8) is 0 Å². The molecule has 0 fully saturated rings. The van der Waals surface area contributed by atoms with Gasteiger partial charge in [-0.3, -0.25) is 5.10 Å². The first-order chi connectivity index (χ1) is 4.86. The molecule has 5 heteroatoms. The Kier molecular flexibility index (Phi) is 0.913. The average Bonchev–Trinajstić information content (AvgIpc) is 2.33. The molecule has 1 N–H and O–H groups in total. The molecule has 0 aromatic carbocycles. The lowest BCUT2D eigenvalue weighted by Crippen LogP contribution is -1.85. The molecule has 2 heterocycles. The number of hydrogen-bond acceptors (Lipinski definition) is 4. The van der Waals surface area contributed by atoms with Crippen molar-refractivity contribution >= 4 is 11.2 Å². The van der Waals surface area contributed by atoms with Gasteiger partial charge in [-0.2, -0.15) is 0 Å². The van der Waals surface area contributed by atoms with E-state index in [1.54, 1.807) is 6.20 Å². The zero-order valence-corrected chi connectivity index (χ0v) is 5.37. The smallest absolute Gasteiger partial charge is 0.204 e. The maximum absolute atomic E-state index is 4.02. The summed E-state index contributed by atoms with van der Waals surface area (Å²) in [6.45, 7) is 1.81. The second-order valence-corrected chi connectivity index (χ2v) is 1.97. The summed E-state index contributed by atoms with van der Waals surface area (Å²) in [5.74, 6) is 0.710. The van der Waals surface area contributed by atoms with Gasteiger partial charge < -0.3 is 0 Å². The molecule has 0 unspecified atom stereocenters. The van der Waals surface area contributed by atoms with E-state index in [-0.39, 0.29) is 0 Å². The standard InChI is InChI=1S/C5H5N5/c1-3-6-2-4-5(7-3)9-10-8-4/h2H,1H3,(H,6,7,8,9,10). The number of nitrogens with zero attached hydrogens (tertiary/aromatic N) is 4. The van der Waals surface area contributed by atoms with Crippen molar-refractivity contribution in [3.05, 3.63) is 12.0 Å². The van der Waals surface area contributed by atoms with E-state index < -0.39 is 0 Å². The minimum atomic E-state index is 0.618. The molecular formula is C5H5N5. The van der Waals surface area contributed by atoms with Crippen molar-refractivity contribution in [2.45, 2.75) is 6.92 Å². The zero-order valence-electron chi connectivity index (χ0n) is 5.37. The first kappa shape index (κ1) is 5.28. The van der Waals surface area contributed by atoms with Crippen molar-refractivity contribution in [2.24, 2.45) is 0 Å². The van der Waals surface area contributed by atoms with Crippen LogP contribution in [0.3, 0.4) is 0 Å². The highest BCUT2D eigenvalue weighted by Gasteiger charge is 1.96. The number of fused-ring (bicyclic) bond motifs is 1. The van der Waals surface area contributed by atoms with Crippen LogP contribution in [0.5, 0.6) is 0 Å². The highest BCUT2D eigenvalue weighted by Crippen LogP contribution is 2.00. The van der Waals surface area contributed by atoms with Gasteiger partial charge in [-0.25, -0.2) is 9.97 Å². The Bertz CT molecular complexity index is 352. The summed E-state index contributed by atoms with van der Waals surface area (Å²) in [6, 6.07) is 0. The Balaban J connectivity index is 2.86. The van der Waals surface area contributed by atoms with Gasteiger partial charge in [-0.1, -0.05) is 5.21 Å². The quantitative estimate of drug-likeness (QED) is 0.554. The average molecular weight is 135 g/mol. The Morgan fingerprint density at radius 3 is 3.30 bits per heavy atom. The van der Waals surface area contributed by atoms with Gasteiger partial charge in [0.25, 0.3) is 0 Å². The molecule has 10 heavy (non-hydrogen) atoms. The fraction of sp³-hybridized carbons (Fsp3) is 0.200. The van der Waals surface area contributed by atoms with Crippen LogP contribution in [0.4, 0.5) is 0 Å². The summed E-state index contributed by atoms with van der Waals surface area (Å²) in [6.07, 6.45) is 1.66. The largest absolute Gasteiger partial charge is 0.254 e. The van der Waals surface area contributed by atoms with Crippen molar-refractivity contribution < 1.29 is 0 Å². The van der Waals surface area contributed by atoms with Gasteiger partial charge in [0, 0.05) is 0 Å². The summed E-state index contributed by atoms with van der Waals surface area (Å²) < 4.78 is 0. The van der Waals surface area contributed by atoms with E-state index in [9.17, 15) is 0 Å². The number of hydrogen-bond donors (Lipinski definition) is 1. The molecule has 2 aromatic heterocycles. The van der Waals surface area contributed by atoms with Crippen molar-refractivity contribution in [2.75, 3.05) is 0 Å². The normalized spacial score (nSPS) is 10.5. The Hall–Kier alpha value is -1.52. The van der Waals surface area contributed by atoms with Crippen LogP contribution in [0.15, 0.2) is 6.20 Å². The van der Waals surface area contributed by atoms with Crippen LogP contribution in [0, 0.1) is 6.92 Å². The molecule has 0 radical (unpaired) electrons. The number of aromatic amines is 1. The summed E-state index contributed by atoms with van der Waals surface area (Å²) in [5, 5.41) is 9.95. The minimum absolute atomic E-state index is 0.618. The van der Waals surface area contributed by atoms with Crippen LogP contribution in [-0.2, 0) is 0 Å². The van der Waals surface area contributed by atoms with E-state index in [4.69, 9.17) is 0 Å². The zero-order chi connectivity index (χ0) is 6.97. The number of rotatable bonds is 0. The molecule has 2 aromatic rings. The van der Waals surface area contributed by atoms with Gasteiger partial charge in [-0.15, -0.1) is 5.10 Å². The number of aryl methyl sites for hydroxylation is 1. The molecule has 0 aliphatic carbocycles. The molecule has 0 aliphatic heterocycles. The van der Waals surface area contributed by atoms with Crippen LogP contribution in [-0.4, -0.2) is 25.4 Å². The highest BCUT2D eigenvalue weighted by molar-refractivity contribution is 5.66. The first-order valence-corrected chi connectivity index (χ1v) is 2.86. The maximum Gasteiger partial charge on any atom is 0.204 e. The number of aromatic nitrogens is 5. The second kappa shape index (κ2) is 1.73. The minimum Gasteiger partial charge on any atom is -0.254 e. The Morgan fingerprint density at radius 2 is 2.40 bits per heavy atom. The third-order valence-electron chi connectivity index (χ3n) is 1.20. The summed E-state index contributed by atoms with van der Waals surface area (Å²) in [4.78, 5) is 7.98. The number of H-pyrrole nitrogens is 1. The van der Waals surface area contributed by atoms with E-state index in [0.29, 0.717) is 11.5 Å². The van der Waals surface area contributed by atoms with Crippen molar-refractivity contribution in [1.82, 2.24) is 25.4 Å². The van der Waals surface area contributed by atoms with Crippen LogP contribution in [0.2, 0.25) is 0 Å². The molecule has 0 amide bonds. The molecule has 0 saturated heterocycles. The molecule has 5 nitrogen and oxygen atoms in total. The van der Waals surface area contributed by atoms with E-state index in [1.807, 2.05) is 6.92 Å². The van der Waals surface area contributed by atoms with Crippen molar-refractivity contribution in [3.8, 4) is 0 Å². The van der Waals surface area contributed by atoms with Crippen LogP contribution < -0.4 is 0 Å².